The van der Waals surface area contributed by atoms with Crippen molar-refractivity contribution in [2.24, 2.45) is 0 Å². The lowest BCUT2D eigenvalue weighted by Crippen LogP contribution is -2.38. The number of carbonyl (C=O) groups excluding carboxylic acids is 2. The molecule has 2 aromatic rings. The van der Waals surface area contributed by atoms with Gasteiger partial charge in [-0.1, -0.05) is 36.4 Å². The monoisotopic (exact) mass is 416 g/mol. The number of phenolic OH excluding ortho intramolecular Hbond substituents is 2. The molecule has 2 unspecified atom stereocenters. The summed E-state index contributed by atoms with van der Waals surface area (Å²) in [5, 5.41) is 26.3. The van der Waals surface area contributed by atoms with Gasteiger partial charge in [0.1, 0.15) is 23.6 Å². The molecule has 0 saturated heterocycles. The van der Waals surface area contributed by atoms with Crippen LogP contribution in [-0.4, -0.2) is 48.5 Å². The second-order valence-electron chi connectivity index (χ2n) is 6.40. The van der Waals surface area contributed by atoms with Crippen LogP contribution in [0, 0.1) is 0 Å². The first-order valence-electron chi connectivity index (χ1n) is 9.85. The molecule has 0 radical (unpaired) electrons. The summed E-state index contributed by atoms with van der Waals surface area (Å²) < 4.78 is 10.2. The Morgan fingerprint density at radius 1 is 0.767 bits per heavy atom. The van der Waals surface area contributed by atoms with Crippen LogP contribution < -0.4 is 10.6 Å². The second-order valence-corrected chi connectivity index (χ2v) is 6.40. The molecule has 0 saturated carbocycles. The van der Waals surface area contributed by atoms with Crippen molar-refractivity contribution < 1.29 is 29.3 Å². The van der Waals surface area contributed by atoms with Gasteiger partial charge in [-0.15, -0.1) is 0 Å². The van der Waals surface area contributed by atoms with E-state index in [2.05, 4.69) is 10.6 Å². The lowest BCUT2D eigenvalue weighted by Gasteiger charge is -2.21. The number of benzene rings is 2. The van der Waals surface area contributed by atoms with Gasteiger partial charge in [0.05, 0.1) is 13.2 Å². The van der Waals surface area contributed by atoms with E-state index in [-0.39, 0.29) is 37.8 Å². The summed E-state index contributed by atoms with van der Waals surface area (Å²) in [5.74, 6) is -1.06. The quantitative estimate of drug-likeness (QED) is 0.325. The highest BCUT2D eigenvalue weighted by Crippen LogP contribution is 2.26. The molecule has 162 valence electrons. The lowest BCUT2D eigenvalue weighted by atomic mass is 10.1. The van der Waals surface area contributed by atoms with Gasteiger partial charge in [0.2, 0.25) is 0 Å². The molecule has 0 aliphatic heterocycles. The zero-order valence-corrected chi connectivity index (χ0v) is 17.1. The third kappa shape index (κ3) is 6.20. The van der Waals surface area contributed by atoms with Crippen molar-refractivity contribution in [3.05, 3.63) is 59.7 Å². The van der Waals surface area contributed by atoms with Gasteiger partial charge in [-0.05, 0) is 26.0 Å². The predicted molar refractivity (Wildman–Crippen MR) is 111 cm³/mol. The number of phenols is 2. The molecule has 0 aliphatic rings. The van der Waals surface area contributed by atoms with Crippen LogP contribution in [0.1, 0.15) is 37.1 Å². The Morgan fingerprint density at radius 2 is 1.13 bits per heavy atom. The average Bonchev–Trinajstić information content (AvgIpc) is 2.73. The van der Waals surface area contributed by atoms with Crippen LogP contribution >= 0.6 is 0 Å². The molecular formula is C22H28N2O6. The standard InChI is InChI=1S/C22H28N2O6/c1-3-29-21(27)19(15-9-5-7-11-17(15)25)23-13-14-24-20(22(28)30-4-2)16-10-6-8-12-18(16)26/h5-12,19-20,23-26H,3-4,13-14H2,1-2H3. The number of para-hydroxylation sites is 2. The maximum Gasteiger partial charge on any atom is 0.327 e. The minimum atomic E-state index is -0.862. The third-order valence-corrected chi connectivity index (χ3v) is 4.36. The first kappa shape index (κ1) is 23.2. The van der Waals surface area contributed by atoms with Crippen LogP contribution in [0.15, 0.2) is 48.5 Å². The summed E-state index contributed by atoms with van der Waals surface area (Å²) in [6.45, 7) is 4.39. The van der Waals surface area contributed by atoms with Gasteiger partial charge < -0.3 is 19.7 Å². The Kier molecular flexibility index (Phi) is 9.11. The van der Waals surface area contributed by atoms with Crippen molar-refractivity contribution in [1.82, 2.24) is 10.6 Å². The molecule has 0 fully saturated rings. The van der Waals surface area contributed by atoms with E-state index >= 15 is 0 Å². The van der Waals surface area contributed by atoms with Gasteiger partial charge in [-0.25, -0.2) is 9.59 Å². The summed E-state index contributed by atoms with van der Waals surface area (Å²) >= 11 is 0. The van der Waals surface area contributed by atoms with Crippen LogP contribution in [0.3, 0.4) is 0 Å². The van der Waals surface area contributed by atoms with Crippen LogP contribution in [0.2, 0.25) is 0 Å². The SMILES string of the molecule is CCOC(=O)C(NCCNC(C(=O)OCC)c1ccccc1O)c1ccccc1O. The molecule has 8 heteroatoms. The van der Waals surface area contributed by atoms with E-state index in [9.17, 15) is 19.8 Å². The van der Waals surface area contributed by atoms with Crippen molar-refractivity contribution in [3.8, 4) is 11.5 Å². The van der Waals surface area contributed by atoms with Gasteiger partial charge in [0.15, 0.2) is 0 Å². The van der Waals surface area contributed by atoms with Crippen LogP contribution in [0.25, 0.3) is 0 Å². The van der Waals surface area contributed by atoms with E-state index in [1.807, 2.05) is 0 Å². The fraction of sp³-hybridized carbons (Fsp3) is 0.364. The van der Waals surface area contributed by atoms with Crippen molar-refractivity contribution in [3.63, 3.8) is 0 Å². The summed E-state index contributed by atoms with van der Waals surface area (Å²) in [4.78, 5) is 24.7. The Hall–Kier alpha value is -3.10. The molecule has 30 heavy (non-hydrogen) atoms. The van der Waals surface area contributed by atoms with E-state index in [4.69, 9.17) is 9.47 Å². The Labute approximate surface area is 175 Å². The first-order valence-corrected chi connectivity index (χ1v) is 9.85. The normalized spacial score (nSPS) is 12.7. The maximum absolute atomic E-state index is 12.4. The van der Waals surface area contributed by atoms with Gasteiger partial charge in [-0.3, -0.25) is 10.6 Å². The summed E-state index contributed by atoms with van der Waals surface area (Å²) in [7, 11) is 0. The van der Waals surface area contributed by atoms with Gasteiger partial charge in [0.25, 0.3) is 0 Å². The van der Waals surface area contributed by atoms with Crippen molar-refractivity contribution in [1.29, 1.82) is 0 Å². The fourth-order valence-corrected chi connectivity index (χ4v) is 2.99. The van der Waals surface area contributed by atoms with Gasteiger partial charge in [0, 0.05) is 24.2 Å². The number of ether oxygens (including phenoxy) is 2. The van der Waals surface area contributed by atoms with Crippen molar-refractivity contribution >= 4 is 11.9 Å². The summed E-state index contributed by atoms with van der Waals surface area (Å²) in [6, 6.07) is 11.3. The molecule has 0 amide bonds. The Bertz CT molecular complexity index is 772. The molecule has 0 bridgehead atoms. The van der Waals surface area contributed by atoms with Crippen LogP contribution in [-0.2, 0) is 19.1 Å². The largest absolute Gasteiger partial charge is 0.508 e. The molecule has 2 atom stereocenters. The van der Waals surface area contributed by atoms with E-state index in [0.717, 1.165) is 0 Å². The van der Waals surface area contributed by atoms with E-state index in [0.29, 0.717) is 11.1 Å². The highest BCUT2D eigenvalue weighted by atomic mass is 16.5. The lowest BCUT2D eigenvalue weighted by molar-refractivity contribution is -0.147. The highest BCUT2D eigenvalue weighted by molar-refractivity contribution is 5.79. The molecule has 0 aliphatic carbocycles. The molecule has 0 spiro atoms. The second kappa shape index (κ2) is 11.8. The number of hydrogen-bond donors (Lipinski definition) is 4. The molecule has 2 aromatic carbocycles. The third-order valence-electron chi connectivity index (χ3n) is 4.36. The van der Waals surface area contributed by atoms with Crippen molar-refractivity contribution in [2.75, 3.05) is 26.3 Å². The number of nitrogens with one attached hydrogen (secondary N) is 2. The highest BCUT2D eigenvalue weighted by Gasteiger charge is 2.26. The molecule has 0 aromatic heterocycles. The molecule has 2 rings (SSSR count). The first-order chi connectivity index (χ1) is 14.5. The van der Waals surface area contributed by atoms with Crippen LogP contribution in [0.4, 0.5) is 0 Å². The number of hydrogen-bond acceptors (Lipinski definition) is 8. The summed E-state index contributed by atoms with van der Waals surface area (Å²) in [5.41, 5.74) is 0.803. The predicted octanol–water partition coefficient (Wildman–Crippen LogP) is 2.19. The smallest absolute Gasteiger partial charge is 0.327 e. The molecular weight excluding hydrogens is 388 g/mol. The topological polar surface area (TPSA) is 117 Å². The molecule has 4 N–H and O–H groups in total. The van der Waals surface area contributed by atoms with Crippen molar-refractivity contribution in [2.45, 2.75) is 25.9 Å². The van der Waals surface area contributed by atoms with E-state index < -0.39 is 24.0 Å². The Morgan fingerprint density at radius 3 is 1.47 bits per heavy atom. The average molecular weight is 416 g/mol. The molecule has 8 nitrogen and oxygen atoms in total. The van der Waals surface area contributed by atoms with Gasteiger partial charge >= 0.3 is 11.9 Å². The van der Waals surface area contributed by atoms with E-state index in [1.165, 1.54) is 12.1 Å². The number of carbonyl (C=O) groups is 2. The number of esters is 2. The number of rotatable bonds is 11. The number of aromatic hydroxyl groups is 2. The zero-order chi connectivity index (χ0) is 21.9. The van der Waals surface area contributed by atoms with Crippen LogP contribution in [0.5, 0.6) is 11.5 Å². The minimum absolute atomic E-state index is 0.0189. The summed E-state index contributed by atoms with van der Waals surface area (Å²) in [6.07, 6.45) is 0. The minimum Gasteiger partial charge on any atom is -0.508 e. The maximum atomic E-state index is 12.4. The zero-order valence-electron chi connectivity index (χ0n) is 17.1. The molecule has 0 heterocycles. The Balaban J connectivity index is 2.07. The van der Waals surface area contributed by atoms with E-state index in [1.54, 1.807) is 50.2 Å². The van der Waals surface area contributed by atoms with Gasteiger partial charge in [-0.2, -0.15) is 0 Å². The fourth-order valence-electron chi connectivity index (χ4n) is 2.99.